The molecule has 3 aromatic rings. The molecule has 0 radical (unpaired) electrons. The van der Waals surface area contributed by atoms with E-state index in [0.717, 1.165) is 11.4 Å². The molecule has 1 aromatic heterocycles. The minimum atomic E-state index is 0.620. The van der Waals surface area contributed by atoms with Gasteiger partial charge in [0.15, 0.2) is 0 Å². The van der Waals surface area contributed by atoms with Gasteiger partial charge in [0, 0.05) is 18.1 Å². The summed E-state index contributed by atoms with van der Waals surface area (Å²) in [5.74, 6) is 1.45. The van der Waals surface area contributed by atoms with Crippen molar-refractivity contribution in [1.82, 2.24) is 4.57 Å². The molecule has 2 N–H and O–H groups in total. The normalized spacial score (nSPS) is 10.3. The summed E-state index contributed by atoms with van der Waals surface area (Å²) in [6.45, 7) is 0. The third-order valence-electron chi connectivity index (χ3n) is 2.87. The molecule has 0 saturated carbocycles. The average Bonchev–Trinajstić information content (AvgIpc) is 2.96. The van der Waals surface area contributed by atoms with E-state index in [2.05, 4.69) is 0 Å². The lowest BCUT2D eigenvalue weighted by atomic mass is 10.2. The number of rotatable bonds is 3. The van der Waals surface area contributed by atoms with Gasteiger partial charge in [-0.1, -0.05) is 18.2 Å². The molecule has 2 aromatic carbocycles. The zero-order valence-corrected chi connectivity index (χ0v) is 10.4. The van der Waals surface area contributed by atoms with Crippen LogP contribution in [0.5, 0.6) is 11.5 Å². The van der Waals surface area contributed by atoms with Crippen LogP contribution >= 0.6 is 0 Å². The monoisotopic (exact) mass is 250 g/mol. The van der Waals surface area contributed by atoms with Crippen molar-refractivity contribution in [2.45, 2.75) is 0 Å². The number of hydrogen-bond donors (Lipinski definition) is 1. The highest BCUT2D eigenvalue weighted by Crippen LogP contribution is 2.29. The van der Waals surface area contributed by atoms with Crippen molar-refractivity contribution in [3.05, 3.63) is 73.1 Å². The Morgan fingerprint density at radius 3 is 2.26 bits per heavy atom. The van der Waals surface area contributed by atoms with Gasteiger partial charge in [0.05, 0.1) is 5.69 Å². The molecule has 0 amide bonds. The predicted octanol–water partition coefficient (Wildman–Crippen LogP) is 3.85. The molecule has 0 atom stereocenters. The second-order valence-corrected chi connectivity index (χ2v) is 4.23. The van der Waals surface area contributed by atoms with Crippen LogP contribution in [0.2, 0.25) is 0 Å². The number of hydrogen-bond acceptors (Lipinski definition) is 2. The van der Waals surface area contributed by atoms with E-state index in [4.69, 9.17) is 10.5 Å². The maximum Gasteiger partial charge on any atom is 0.150 e. The zero-order chi connectivity index (χ0) is 13.1. The van der Waals surface area contributed by atoms with Gasteiger partial charge < -0.3 is 15.0 Å². The first-order valence-corrected chi connectivity index (χ1v) is 6.09. The van der Waals surface area contributed by atoms with Crippen LogP contribution in [-0.2, 0) is 0 Å². The van der Waals surface area contributed by atoms with Gasteiger partial charge in [0.25, 0.3) is 0 Å². The molecule has 0 fully saturated rings. The molecule has 0 unspecified atom stereocenters. The summed E-state index contributed by atoms with van der Waals surface area (Å²) in [7, 11) is 0. The smallest absolute Gasteiger partial charge is 0.150 e. The third-order valence-corrected chi connectivity index (χ3v) is 2.87. The molecule has 0 aliphatic rings. The fourth-order valence-corrected chi connectivity index (χ4v) is 1.91. The van der Waals surface area contributed by atoms with Crippen LogP contribution in [0, 0.1) is 0 Å². The van der Waals surface area contributed by atoms with Gasteiger partial charge in [0.2, 0.25) is 0 Å². The molecule has 0 bridgehead atoms. The maximum absolute atomic E-state index is 6.04. The van der Waals surface area contributed by atoms with Crippen LogP contribution in [0.3, 0.4) is 0 Å². The number of para-hydroxylation sites is 1. The summed E-state index contributed by atoms with van der Waals surface area (Å²) in [6, 6.07) is 19.3. The first-order valence-electron chi connectivity index (χ1n) is 6.09. The van der Waals surface area contributed by atoms with E-state index in [9.17, 15) is 0 Å². The SMILES string of the molecule is Nc1cc(-n2cccc2)ccc1Oc1ccccc1. The fourth-order valence-electron chi connectivity index (χ4n) is 1.91. The lowest BCUT2D eigenvalue weighted by molar-refractivity contribution is 0.485. The third kappa shape index (κ3) is 2.45. The van der Waals surface area contributed by atoms with Crippen molar-refractivity contribution in [3.63, 3.8) is 0 Å². The minimum Gasteiger partial charge on any atom is -0.455 e. The number of aromatic nitrogens is 1. The number of nitrogen functional groups attached to an aromatic ring is 1. The molecular weight excluding hydrogens is 236 g/mol. The second-order valence-electron chi connectivity index (χ2n) is 4.23. The molecule has 0 aliphatic carbocycles. The maximum atomic E-state index is 6.04. The molecule has 3 heteroatoms. The highest BCUT2D eigenvalue weighted by molar-refractivity contribution is 5.59. The van der Waals surface area contributed by atoms with Gasteiger partial charge in [0.1, 0.15) is 11.5 Å². The predicted molar refractivity (Wildman–Crippen MR) is 76.7 cm³/mol. The van der Waals surface area contributed by atoms with Gasteiger partial charge in [-0.15, -0.1) is 0 Å². The first kappa shape index (κ1) is 11.4. The van der Waals surface area contributed by atoms with Crippen LogP contribution in [0.25, 0.3) is 5.69 Å². The lowest BCUT2D eigenvalue weighted by Crippen LogP contribution is -1.96. The van der Waals surface area contributed by atoms with Crippen LogP contribution in [0.15, 0.2) is 73.1 Å². The number of nitrogens with two attached hydrogens (primary N) is 1. The summed E-state index contributed by atoms with van der Waals surface area (Å²) in [5, 5.41) is 0. The molecular formula is C16H14N2O. The summed E-state index contributed by atoms with van der Waals surface area (Å²) in [5.41, 5.74) is 7.67. The van der Waals surface area contributed by atoms with Crippen LogP contribution < -0.4 is 10.5 Å². The standard InChI is InChI=1S/C16H14N2O/c17-15-12-13(18-10-4-5-11-18)8-9-16(15)19-14-6-2-1-3-7-14/h1-12H,17H2. The Bertz CT molecular complexity index is 660. The van der Waals surface area contributed by atoms with Crippen molar-refractivity contribution in [2.24, 2.45) is 0 Å². The second kappa shape index (κ2) is 4.90. The van der Waals surface area contributed by atoms with Crippen molar-refractivity contribution in [1.29, 1.82) is 0 Å². The first-order chi connectivity index (χ1) is 9.33. The van der Waals surface area contributed by atoms with E-state index in [1.807, 2.05) is 77.6 Å². The van der Waals surface area contributed by atoms with E-state index < -0.39 is 0 Å². The highest BCUT2D eigenvalue weighted by Gasteiger charge is 2.04. The molecule has 3 rings (SSSR count). The molecule has 0 saturated heterocycles. The Hall–Kier alpha value is -2.68. The Labute approximate surface area is 111 Å². The van der Waals surface area contributed by atoms with Crippen molar-refractivity contribution < 1.29 is 4.74 Å². The summed E-state index contributed by atoms with van der Waals surface area (Å²) >= 11 is 0. The number of benzene rings is 2. The van der Waals surface area contributed by atoms with E-state index in [1.165, 1.54) is 0 Å². The number of ether oxygens (including phenoxy) is 1. The Balaban J connectivity index is 1.88. The molecule has 19 heavy (non-hydrogen) atoms. The van der Waals surface area contributed by atoms with Gasteiger partial charge in [-0.05, 0) is 42.5 Å². The number of anilines is 1. The minimum absolute atomic E-state index is 0.620. The average molecular weight is 250 g/mol. The van der Waals surface area contributed by atoms with Crippen molar-refractivity contribution in [3.8, 4) is 17.2 Å². The quantitative estimate of drug-likeness (QED) is 0.717. The van der Waals surface area contributed by atoms with Crippen molar-refractivity contribution in [2.75, 3.05) is 5.73 Å². The highest BCUT2D eigenvalue weighted by atomic mass is 16.5. The fraction of sp³-hybridized carbons (Fsp3) is 0. The van der Waals surface area contributed by atoms with Crippen LogP contribution in [0.4, 0.5) is 5.69 Å². The molecule has 1 heterocycles. The molecule has 3 nitrogen and oxygen atoms in total. The van der Waals surface area contributed by atoms with Gasteiger partial charge >= 0.3 is 0 Å². The lowest BCUT2D eigenvalue weighted by Gasteiger charge is -2.10. The van der Waals surface area contributed by atoms with E-state index >= 15 is 0 Å². The summed E-state index contributed by atoms with van der Waals surface area (Å²) in [4.78, 5) is 0. The van der Waals surface area contributed by atoms with Gasteiger partial charge in [-0.3, -0.25) is 0 Å². The van der Waals surface area contributed by atoms with E-state index in [1.54, 1.807) is 0 Å². The topological polar surface area (TPSA) is 40.2 Å². The number of nitrogens with zero attached hydrogens (tertiary/aromatic N) is 1. The summed E-state index contributed by atoms with van der Waals surface area (Å²) < 4.78 is 7.75. The zero-order valence-electron chi connectivity index (χ0n) is 10.4. The molecule has 0 aliphatic heterocycles. The molecule has 0 spiro atoms. The Kier molecular flexibility index (Phi) is 2.94. The van der Waals surface area contributed by atoms with Gasteiger partial charge in [-0.25, -0.2) is 0 Å². The Morgan fingerprint density at radius 1 is 0.842 bits per heavy atom. The van der Waals surface area contributed by atoms with Crippen molar-refractivity contribution >= 4 is 5.69 Å². The van der Waals surface area contributed by atoms with Gasteiger partial charge in [-0.2, -0.15) is 0 Å². The summed E-state index contributed by atoms with van der Waals surface area (Å²) in [6.07, 6.45) is 3.96. The largest absolute Gasteiger partial charge is 0.455 e. The Morgan fingerprint density at radius 2 is 1.58 bits per heavy atom. The van der Waals surface area contributed by atoms with Crippen LogP contribution in [-0.4, -0.2) is 4.57 Å². The van der Waals surface area contributed by atoms with Crippen LogP contribution in [0.1, 0.15) is 0 Å². The molecule has 94 valence electrons. The van der Waals surface area contributed by atoms with E-state index in [-0.39, 0.29) is 0 Å². The van der Waals surface area contributed by atoms with E-state index in [0.29, 0.717) is 11.4 Å².